The third kappa shape index (κ3) is 6.25. The second-order valence-electron chi connectivity index (χ2n) is 8.39. The summed E-state index contributed by atoms with van der Waals surface area (Å²) in [5.41, 5.74) is 0.253. The van der Waals surface area contributed by atoms with Crippen LogP contribution in [-0.2, 0) is 31.2 Å². The number of carbonyl (C=O) groups is 1. The normalized spacial score (nSPS) is 11.4. The summed E-state index contributed by atoms with van der Waals surface area (Å²) >= 11 is 1.09. The van der Waals surface area contributed by atoms with Crippen molar-refractivity contribution < 1.29 is 22.7 Å². The number of halogens is 3. The smallest absolute Gasteiger partial charge is 0.416 e. The van der Waals surface area contributed by atoms with Gasteiger partial charge in [0.1, 0.15) is 18.0 Å². The maximum Gasteiger partial charge on any atom is 0.416 e. The van der Waals surface area contributed by atoms with E-state index in [1.54, 1.807) is 41.4 Å². The van der Waals surface area contributed by atoms with Gasteiger partial charge in [0.25, 0.3) is 5.56 Å². The average molecular weight is 559 g/mol. The fourth-order valence-corrected chi connectivity index (χ4v) is 4.54. The van der Waals surface area contributed by atoms with Gasteiger partial charge >= 0.3 is 6.18 Å². The second-order valence-corrected chi connectivity index (χ2v) is 9.33. The first-order chi connectivity index (χ1) is 18.6. The number of amides is 1. The van der Waals surface area contributed by atoms with E-state index in [9.17, 15) is 22.8 Å². The first-order valence-electron chi connectivity index (χ1n) is 11.7. The molecule has 0 radical (unpaired) electrons. The number of alkyl halides is 3. The Morgan fingerprint density at radius 3 is 2.59 bits per heavy atom. The Morgan fingerprint density at radius 1 is 1.15 bits per heavy atom. The molecule has 39 heavy (non-hydrogen) atoms. The van der Waals surface area contributed by atoms with E-state index in [1.165, 1.54) is 16.8 Å². The van der Waals surface area contributed by atoms with Crippen molar-refractivity contribution in [3.8, 4) is 11.4 Å². The summed E-state index contributed by atoms with van der Waals surface area (Å²) in [6.07, 6.45) is -2.89. The summed E-state index contributed by atoms with van der Waals surface area (Å²) in [6.45, 7) is 5.60. The van der Waals surface area contributed by atoms with Gasteiger partial charge in [0, 0.05) is 13.6 Å². The fourth-order valence-electron chi connectivity index (χ4n) is 3.77. The SMILES string of the molecule is C=CCn1c(COc2cccc(C(F)(F)F)c2)nnc1SCC(=O)Nc1c(C)n(C)n(-c2ccccc2)c1=O. The number of carbonyl (C=O) groups excluding carboxylic acids is 1. The van der Waals surface area contributed by atoms with Gasteiger partial charge in [-0.3, -0.25) is 18.8 Å². The molecule has 0 spiro atoms. The predicted molar refractivity (Wildman–Crippen MR) is 141 cm³/mol. The van der Waals surface area contributed by atoms with Crippen LogP contribution >= 0.6 is 11.8 Å². The number of thioether (sulfide) groups is 1. The highest BCUT2D eigenvalue weighted by atomic mass is 32.2. The van der Waals surface area contributed by atoms with Crippen molar-refractivity contribution in [2.45, 2.75) is 31.4 Å². The number of aromatic nitrogens is 5. The number of ether oxygens (including phenoxy) is 1. The highest BCUT2D eigenvalue weighted by Gasteiger charge is 2.30. The Labute approximate surface area is 225 Å². The molecular formula is C26H25F3N6O3S. The van der Waals surface area contributed by atoms with Crippen molar-refractivity contribution in [2.24, 2.45) is 7.05 Å². The number of nitrogens with zero attached hydrogens (tertiary/aromatic N) is 5. The molecule has 0 saturated heterocycles. The number of para-hydroxylation sites is 1. The summed E-state index contributed by atoms with van der Waals surface area (Å²) in [5, 5.41) is 11.2. The van der Waals surface area contributed by atoms with E-state index in [2.05, 4.69) is 22.1 Å². The van der Waals surface area contributed by atoms with Crippen molar-refractivity contribution in [2.75, 3.05) is 11.1 Å². The second kappa shape index (κ2) is 11.6. The molecule has 2 heterocycles. The van der Waals surface area contributed by atoms with Crippen LogP contribution in [0.15, 0.2) is 77.2 Å². The zero-order valence-corrected chi connectivity index (χ0v) is 21.9. The molecule has 204 valence electrons. The summed E-state index contributed by atoms with van der Waals surface area (Å²) in [4.78, 5) is 25.8. The molecule has 0 saturated carbocycles. The number of benzene rings is 2. The van der Waals surface area contributed by atoms with Gasteiger partial charge in [0.15, 0.2) is 11.0 Å². The van der Waals surface area contributed by atoms with Crippen LogP contribution < -0.4 is 15.6 Å². The van der Waals surface area contributed by atoms with Crippen LogP contribution in [0.4, 0.5) is 18.9 Å². The van der Waals surface area contributed by atoms with E-state index in [0.717, 1.165) is 23.9 Å². The Balaban J connectivity index is 1.44. The van der Waals surface area contributed by atoms with Gasteiger partial charge in [-0.15, -0.1) is 16.8 Å². The minimum atomic E-state index is -4.49. The van der Waals surface area contributed by atoms with Gasteiger partial charge in [0.05, 0.1) is 22.7 Å². The largest absolute Gasteiger partial charge is 0.486 e. The van der Waals surface area contributed by atoms with Crippen LogP contribution in [0.5, 0.6) is 5.75 Å². The molecule has 9 nitrogen and oxygen atoms in total. The van der Waals surface area contributed by atoms with Gasteiger partial charge in [-0.05, 0) is 37.3 Å². The van der Waals surface area contributed by atoms with E-state index in [4.69, 9.17) is 4.74 Å². The summed E-state index contributed by atoms with van der Waals surface area (Å²) in [6, 6.07) is 13.6. The number of allylic oxidation sites excluding steroid dienone is 1. The number of anilines is 1. The van der Waals surface area contributed by atoms with Crippen LogP contribution in [-0.4, -0.2) is 35.8 Å². The van der Waals surface area contributed by atoms with Crippen LogP contribution in [0.2, 0.25) is 0 Å². The van der Waals surface area contributed by atoms with Gasteiger partial charge in [-0.1, -0.05) is 42.1 Å². The molecule has 0 atom stereocenters. The van der Waals surface area contributed by atoms with E-state index < -0.39 is 17.6 Å². The van der Waals surface area contributed by atoms with Gasteiger partial charge in [-0.25, -0.2) is 4.68 Å². The average Bonchev–Trinajstić information content (AvgIpc) is 3.39. The van der Waals surface area contributed by atoms with Crippen LogP contribution in [0, 0.1) is 6.92 Å². The van der Waals surface area contributed by atoms with Crippen LogP contribution in [0.25, 0.3) is 5.69 Å². The molecule has 4 rings (SSSR count). The van der Waals surface area contributed by atoms with Crippen molar-refractivity contribution >= 4 is 23.4 Å². The predicted octanol–water partition coefficient (Wildman–Crippen LogP) is 4.59. The molecule has 0 bridgehead atoms. The molecule has 1 amide bonds. The maximum atomic E-state index is 13.0. The molecule has 0 aliphatic carbocycles. The summed E-state index contributed by atoms with van der Waals surface area (Å²) in [7, 11) is 1.73. The lowest BCUT2D eigenvalue weighted by atomic mass is 10.2. The van der Waals surface area contributed by atoms with Gasteiger partial charge < -0.3 is 10.1 Å². The first-order valence-corrected chi connectivity index (χ1v) is 12.7. The van der Waals surface area contributed by atoms with Crippen LogP contribution in [0.1, 0.15) is 17.1 Å². The lowest BCUT2D eigenvalue weighted by molar-refractivity contribution is -0.137. The van der Waals surface area contributed by atoms with E-state index >= 15 is 0 Å². The minimum absolute atomic E-state index is 0.0333. The molecule has 4 aromatic rings. The number of hydrogen-bond donors (Lipinski definition) is 1. The number of rotatable bonds is 10. The summed E-state index contributed by atoms with van der Waals surface area (Å²) in [5.74, 6) is -0.102. The molecule has 2 aromatic carbocycles. The van der Waals surface area contributed by atoms with Gasteiger partial charge in [0.2, 0.25) is 5.91 Å². The Bertz CT molecular complexity index is 1540. The third-order valence-corrected chi connectivity index (χ3v) is 6.75. The standard InChI is InChI=1S/C26H25F3N6O3S/c1-4-13-34-21(15-38-20-12-8-9-18(14-20)26(27,28)29)31-32-25(34)39-16-22(36)30-23-17(2)33(3)35(24(23)37)19-10-6-5-7-11-19/h4-12,14H,1,13,15-16H2,2-3H3,(H,30,36). The molecular weight excluding hydrogens is 533 g/mol. The lowest BCUT2D eigenvalue weighted by Gasteiger charge is -2.11. The van der Waals surface area contributed by atoms with E-state index in [1.807, 2.05) is 18.2 Å². The molecule has 0 fully saturated rings. The zero-order chi connectivity index (χ0) is 28.2. The maximum absolute atomic E-state index is 13.0. The van der Waals surface area contributed by atoms with E-state index in [0.29, 0.717) is 22.4 Å². The molecule has 13 heteroatoms. The van der Waals surface area contributed by atoms with Crippen molar-refractivity contribution in [3.05, 3.63) is 94.7 Å². The minimum Gasteiger partial charge on any atom is -0.486 e. The Morgan fingerprint density at radius 2 is 1.90 bits per heavy atom. The highest BCUT2D eigenvalue weighted by Crippen LogP contribution is 2.31. The monoisotopic (exact) mass is 558 g/mol. The molecule has 0 aliphatic heterocycles. The summed E-state index contributed by atoms with van der Waals surface area (Å²) < 4.78 is 49.2. The molecule has 1 N–H and O–H groups in total. The zero-order valence-electron chi connectivity index (χ0n) is 21.1. The van der Waals surface area contributed by atoms with Crippen molar-refractivity contribution in [3.63, 3.8) is 0 Å². The van der Waals surface area contributed by atoms with E-state index in [-0.39, 0.29) is 35.9 Å². The highest BCUT2D eigenvalue weighted by molar-refractivity contribution is 7.99. The van der Waals surface area contributed by atoms with Crippen LogP contribution in [0.3, 0.4) is 0 Å². The first kappa shape index (κ1) is 27.8. The Kier molecular flexibility index (Phi) is 8.29. The third-order valence-electron chi connectivity index (χ3n) is 5.79. The van der Waals surface area contributed by atoms with Crippen molar-refractivity contribution in [1.82, 2.24) is 24.1 Å². The quantitative estimate of drug-likeness (QED) is 0.226. The number of hydrogen-bond acceptors (Lipinski definition) is 6. The topological polar surface area (TPSA) is 96.0 Å². The number of nitrogens with one attached hydrogen (secondary N) is 1. The van der Waals surface area contributed by atoms with Gasteiger partial charge in [-0.2, -0.15) is 13.2 Å². The molecule has 2 aromatic heterocycles. The van der Waals surface area contributed by atoms with Crippen molar-refractivity contribution in [1.29, 1.82) is 0 Å². The molecule has 0 aliphatic rings. The fraction of sp³-hybridized carbons (Fsp3) is 0.231. The molecule has 0 unspecified atom stereocenters. The Hall–Kier alpha value is -4.26. The lowest BCUT2D eigenvalue weighted by Crippen LogP contribution is -2.23.